The topological polar surface area (TPSA) is 38.5 Å². The molecule has 106 valence electrons. The summed E-state index contributed by atoms with van der Waals surface area (Å²) in [5.41, 5.74) is 10.3. The Bertz CT molecular complexity index is 442. The summed E-state index contributed by atoms with van der Waals surface area (Å²) in [5.74, 6) is 0. The van der Waals surface area contributed by atoms with E-state index in [4.69, 9.17) is 10.5 Å². The van der Waals surface area contributed by atoms with Gasteiger partial charge in [-0.15, -0.1) is 0 Å². The zero-order valence-electron chi connectivity index (χ0n) is 12.6. The van der Waals surface area contributed by atoms with Gasteiger partial charge in [0.15, 0.2) is 0 Å². The van der Waals surface area contributed by atoms with Crippen LogP contribution in [-0.4, -0.2) is 36.7 Å². The first-order valence-corrected chi connectivity index (χ1v) is 7.06. The van der Waals surface area contributed by atoms with Crippen molar-refractivity contribution < 1.29 is 4.74 Å². The van der Waals surface area contributed by atoms with Crippen LogP contribution in [-0.2, 0) is 4.74 Å². The van der Waals surface area contributed by atoms with E-state index in [0.29, 0.717) is 0 Å². The summed E-state index contributed by atoms with van der Waals surface area (Å²) in [4.78, 5) is 2.44. The van der Waals surface area contributed by atoms with Gasteiger partial charge in [0.2, 0.25) is 0 Å². The van der Waals surface area contributed by atoms with Gasteiger partial charge in [-0.05, 0) is 44.4 Å². The van der Waals surface area contributed by atoms with Crippen LogP contribution in [0.2, 0.25) is 0 Å². The molecular formula is C16H26N2O. The third-order valence-electron chi connectivity index (χ3n) is 4.19. The van der Waals surface area contributed by atoms with Crippen LogP contribution in [0.5, 0.6) is 0 Å². The fourth-order valence-electron chi connectivity index (χ4n) is 2.57. The Balaban J connectivity index is 2.07. The third kappa shape index (κ3) is 3.35. The highest BCUT2D eigenvalue weighted by molar-refractivity contribution is 5.31. The molecule has 2 N–H and O–H groups in total. The van der Waals surface area contributed by atoms with Gasteiger partial charge in [-0.1, -0.05) is 18.2 Å². The van der Waals surface area contributed by atoms with Crippen molar-refractivity contribution in [1.29, 1.82) is 0 Å². The van der Waals surface area contributed by atoms with Crippen molar-refractivity contribution in [3.63, 3.8) is 0 Å². The normalized spacial score (nSPS) is 21.3. The van der Waals surface area contributed by atoms with Crippen molar-refractivity contribution in [2.24, 2.45) is 5.73 Å². The minimum Gasteiger partial charge on any atom is -0.378 e. The lowest BCUT2D eigenvalue weighted by atomic mass is 9.98. The van der Waals surface area contributed by atoms with Crippen LogP contribution < -0.4 is 5.73 Å². The summed E-state index contributed by atoms with van der Waals surface area (Å²) in [7, 11) is 0. The summed E-state index contributed by atoms with van der Waals surface area (Å²) in [6.45, 7) is 12.2. The molecule has 0 radical (unpaired) electrons. The molecule has 1 aliphatic heterocycles. The quantitative estimate of drug-likeness (QED) is 0.909. The fourth-order valence-corrected chi connectivity index (χ4v) is 2.57. The van der Waals surface area contributed by atoms with E-state index in [-0.39, 0.29) is 11.6 Å². The van der Waals surface area contributed by atoms with Gasteiger partial charge in [0.05, 0.1) is 13.2 Å². The summed E-state index contributed by atoms with van der Waals surface area (Å²) >= 11 is 0. The Morgan fingerprint density at radius 1 is 1.32 bits per heavy atom. The maximum absolute atomic E-state index is 6.38. The highest BCUT2D eigenvalue weighted by atomic mass is 16.5. The molecule has 1 unspecified atom stereocenters. The van der Waals surface area contributed by atoms with Crippen LogP contribution in [0.4, 0.5) is 0 Å². The van der Waals surface area contributed by atoms with Gasteiger partial charge < -0.3 is 10.5 Å². The zero-order valence-corrected chi connectivity index (χ0v) is 12.6. The van der Waals surface area contributed by atoms with Gasteiger partial charge in [-0.3, -0.25) is 4.90 Å². The molecule has 1 aliphatic rings. The lowest BCUT2D eigenvalue weighted by Gasteiger charge is -2.43. The average molecular weight is 262 g/mol. The predicted octanol–water partition coefficient (Wildman–Crippen LogP) is 2.41. The van der Waals surface area contributed by atoms with Crippen LogP contribution in [0.15, 0.2) is 18.2 Å². The molecule has 1 aromatic rings. The Kier molecular flexibility index (Phi) is 4.29. The van der Waals surface area contributed by atoms with E-state index in [1.54, 1.807) is 0 Å². The molecule has 0 aliphatic carbocycles. The van der Waals surface area contributed by atoms with E-state index in [1.165, 1.54) is 16.7 Å². The number of aryl methyl sites for hydroxylation is 2. The molecule has 1 fully saturated rings. The molecule has 1 heterocycles. The maximum Gasteiger partial charge on any atom is 0.0645 e. The number of benzene rings is 1. The average Bonchev–Trinajstić information content (AvgIpc) is 2.35. The minimum absolute atomic E-state index is 0.0664. The van der Waals surface area contributed by atoms with Crippen molar-refractivity contribution in [3.8, 4) is 0 Å². The molecule has 2 rings (SSSR count). The lowest BCUT2D eigenvalue weighted by molar-refractivity contribution is -0.0531. The first kappa shape index (κ1) is 14.5. The fraction of sp³-hybridized carbons (Fsp3) is 0.625. The first-order chi connectivity index (χ1) is 8.90. The Labute approximate surface area is 116 Å². The van der Waals surface area contributed by atoms with Gasteiger partial charge in [0.1, 0.15) is 0 Å². The number of rotatable bonds is 3. The molecule has 3 heteroatoms. The lowest BCUT2D eigenvalue weighted by Crippen LogP contribution is -2.54. The number of morpholine rings is 1. The van der Waals surface area contributed by atoms with Crippen LogP contribution in [0, 0.1) is 13.8 Å². The van der Waals surface area contributed by atoms with Gasteiger partial charge in [-0.2, -0.15) is 0 Å². The number of ether oxygens (including phenoxy) is 1. The Morgan fingerprint density at radius 3 is 2.68 bits per heavy atom. The molecular weight excluding hydrogens is 236 g/mol. The second-order valence-corrected chi connectivity index (χ2v) is 6.26. The van der Waals surface area contributed by atoms with E-state index in [0.717, 1.165) is 26.3 Å². The van der Waals surface area contributed by atoms with E-state index in [9.17, 15) is 0 Å². The van der Waals surface area contributed by atoms with Crippen molar-refractivity contribution >= 4 is 0 Å². The van der Waals surface area contributed by atoms with Crippen LogP contribution >= 0.6 is 0 Å². The number of hydrogen-bond donors (Lipinski definition) is 1. The van der Waals surface area contributed by atoms with Crippen molar-refractivity contribution in [2.45, 2.75) is 39.3 Å². The largest absolute Gasteiger partial charge is 0.378 e. The van der Waals surface area contributed by atoms with Crippen LogP contribution in [0.3, 0.4) is 0 Å². The van der Waals surface area contributed by atoms with Crippen molar-refractivity contribution in [3.05, 3.63) is 34.9 Å². The molecule has 1 aromatic carbocycles. The number of nitrogens with two attached hydrogens (primary N) is 1. The minimum atomic E-state index is 0.0664. The highest BCUT2D eigenvalue weighted by Gasteiger charge is 2.31. The summed E-state index contributed by atoms with van der Waals surface area (Å²) < 4.78 is 5.55. The maximum atomic E-state index is 6.38. The van der Waals surface area contributed by atoms with E-state index < -0.39 is 0 Å². The molecule has 0 bridgehead atoms. The van der Waals surface area contributed by atoms with Crippen LogP contribution in [0.1, 0.15) is 36.6 Å². The molecule has 3 nitrogen and oxygen atoms in total. The van der Waals surface area contributed by atoms with Crippen molar-refractivity contribution in [2.75, 3.05) is 26.3 Å². The molecule has 19 heavy (non-hydrogen) atoms. The van der Waals surface area contributed by atoms with Gasteiger partial charge in [-0.25, -0.2) is 0 Å². The van der Waals surface area contributed by atoms with E-state index >= 15 is 0 Å². The second-order valence-electron chi connectivity index (χ2n) is 6.26. The van der Waals surface area contributed by atoms with Gasteiger partial charge in [0.25, 0.3) is 0 Å². The standard InChI is InChI=1S/C16H26N2O/c1-12-5-6-14(9-13(12)2)15(17)10-18-7-8-19-11-16(18,3)4/h5-6,9,15H,7-8,10-11,17H2,1-4H3. The molecule has 0 spiro atoms. The summed E-state index contributed by atoms with van der Waals surface area (Å²) in [6, 6.07) is 6.60. The molecule has 1 saturated heterocycles. The highest BCUT2D eigenvalue weighted by Crippen LogP contribution is 2.23. The summed E-state index contributed by atoms with van der Waals surface area (Å²) in [6.07, 6.45) is 0. The molecule has 0 saturated carbocycles. The number of nitrogens with zero attached hydrogens (tertiary/aromatic N) is 1. The third-order valence-corrected chi connectivity index (χ3v) is 4.19. The second kappa shape index (κ2) is 5.61. The van der Waals surface area contributed by atoms with Crippen molar-refractivity contribution in [1.82, 2.24) is 4.90 Å². The monoisotopic (exact) mass is 262 g/mol. The zero-order chi connectivity index (χ0) is 14.0. The Morgan fingerprint density at radius 2 is 2.05 bits per heavy atom. The van der Waals surface area contributed by atoms with Gasteiger partial charge >= 0.3 is 0 Å². The predicted molar refractivity (Wildman–Crippen MR) is 79.3 cm³/mol. The smallest absolute Gasteiger partial charge is 0.0645 e. The van der Waals surface area contributed by atoms with E-state index in [2.05, 4.69) is 50.8 Å². The molecule has 0 amide bonds. The number of hydrogen-bond acceptors (Lipinski definition) is 3. The molecule has 0 aromatic heterocycles. The SMILES string of the molecule is Cc1ccc(C(N)CN2CCOCC2(C)C)cc1C. The Hall–Kier alpha value is -0.900. The summed E-state index contributed by atoms with van der Waals surface area (Å²) in [5, 5.41) is 0. The van der Waals surface area contributed by atoms with Gasteiger partial charge in [0, 0.05) is 24.7 Å². The van der Waals surface area contributed by atoms with E-state index in [1.807, 2.05) is 0 Å². The molecule has 1 atom stereocenters. The van der Waals surface area contributed by atoms with Crippen LogP contribution in [0.25, 0.3) is 0 Å². The first-order valence-electron chi connectivity index (χ1n) is 7.06.